The van der Waals surface area contributed by atoms with Crippen LogP contribution in [-0.4, -0.2) is 22.0 Å². The van der Waals surface area contributed by atoms with Gasteiger partial charge in [-0.3, -0.25) is 9.78 Å². The van der Waals surface area contributed by atoms with Gasteiger partial charge in [0.2, 0.25) is 5.91 Å². The normalized spacial score (nSPS) is 24.9. The van der Waals surface area contributed by atoms with Gasteiger partial charge in [-0.05, 0) is 67.0 Å². The van der Waals surface area contributed by atoms with Crippen LogP contribution in [0.3, 0.4) is 0 Å². The van der Waals surface area contributed by atoms with Gasteiger partial charge in [0.05, 0.1) is 17.2 Å². The number of anilines is 1. The van der Waals surface area contributed by atoms with Gasteiger partial charge in [-0.15, -0.1) is 0 Å². The minimum absolute atomic E-state index is 0.0167. The average Bonchev–Trinajstić information content (AvgIpc) is 3.27. The number of benzene rings is 1. The summed E-state index contributed by atoms with van der Waals surface area (Å²) in [7, 11) is 0. The zero-order chi connectivity index (χ0) is 23.3. The average molecular weight is 459 g/mol. The number of amides is 1. The number of carbonyl (C=O) groups excluding carboxylic acids is 1. The van der Waals surface area contributed by atoms with Crippen LogP contribution in [-0.2, 0) is 11.0 Å². The number of nitrogens with zero attached hydrogens (tertiary/aromatic N) is 2. The van der Waals surface area contributed by atoms with Gasteiger partial charge in [-0.25, -0.2) is 9.37 Å². The first-order valence-electron chi connectivity index (χ1n) is 10.8. The second-order valence-electron chi connectivity index (χ2n) is 8.79. The summed E-state index contributed by atoms with van der Waals surface area (Å²) < 4.78 is 57.8. The van der Waals surface area contributed by atoms with Crippen molar-refractivity contribution in [3.63, 3.8) is 0 Å². The highest BCUT2D eigenvalue weighted by atomic mass is 19.4. The van der Waals surface area contributed by atoms with E-state index in [0.29, 0.717) is 34.7 Å². The molecule has 2 aliphatic rings. The van der Waals surface area contributed by atoms with E-state index in [2.05, 4.69) is 15.3 Å². The lowest BCUT2D eigenvalue weighted by molar-refractivity contribution is -0.137. The molecule has 0 spiro atoms. The van der Waals surface area contributed by atoms with Gasteiger partial charge >= 0.3 is 6.18 Å². The lowest BCUT2D eigenvalue weighted by Gasteiger charge is -2.20. The number of pyridine rings is 2. The fraction of sp³-hybridized carbons (Fsp3) is 0.375. The van der Waals surface area contributed by atoms with Crippen LogP contribution in [0.1, 0.15) is 25.3 Å². The molecule has 0 radical (unpaired) electrons. The number of aromatic nitrogens is 2. The first-order valence-corrected chi connectivity index (χ1v) is 10.8. The minimum Gasteiger partial charge on any atom is -0.490 e. The maximum absolute atomic E-state index is 13.7. The van der Waals surface area contributed by atoms with Gasteiger partial charge in [-0.2, -0.15) is 13.2 Å². The molecule has 5 nitrogen and oxygen atoms in total. The highest BCUT2D eigenvalue weighted by Crippen LogP contribution is 2.61. The molecule has 33 heavy (non-hydrogen) atoms. The Kier molecular flexibility index (Phi) is 5.22. The van der Waals surface area contributed by atoms with Gasteiger partial charge in [0.15, 0.2) is 0 Å². The standard InChI is InChI=1S/C24H21F4N3O2/c1-12(23(32)31-21-5-2-13(11-30-21)24(26,27)28)22-16-9-15(10-17(16)22)33-20-6-7-29-19-4-3-14(25)8-18(19)20/h2-8,11-12,15-17,22H,9-10H2,1H3,(H,30,31,32)/t12?,15-,16-,17+,22+. The van der Waals surface area contributed by atoms with E-state index < -0.39 is 11.7 Å². The smallest absolute Gasteiger partial charge is 0.417 e. The third kappa shape index (κ3) is 4.24. The molecule has 1 amide bonds. The molecule has 2 saturated carbocycles. The Hall–Kier alpha value is -3.23. The van der Waals surface area contributed by atoms with Gasteiger partial charge in [-0.1, -0.05) is 6.92 Å². The summed E-state index contributed by atoms with van der Waals surface area (Å²) in [5, 5.41) is 3.25. The summed E-state index contributed by atoms with van der Waals surface area (Å²) in [5.41, 5.74) is -0.196. The van der Waals surface area contributed by atoms with E-state index in [-0.39, 0.29) is 35.5 Å². The predicted octanol–water partition coefficient (Wildman–Crippen LogP) is 5.47. The van der Waals surface area contributed by atoms with Gasteiger partial charge in [0, 0.05) is 23.7 Å². The summed E-state index contributed by atoms with van der Waals surface area (Å²) >= 11 is 0. The van der Waals surface area contributed by atoms with Crippen molar-refractivity contribution in [1.82, 2.24) is 9.97 Å². The lowest BCUT2D eigenvalue weighted by atomic mass is 9.97. The number of rotatable bonds is 5. The summed E-state index contributed by atoms with van der Waals surface area (Å²) in [6.07, 6.45) is -0.547. The SMILES string of the molecule is CC(C(=O)Nc1ccc(C(F)(F)F)cn1)[C@H]1[C@@H]2C[C@@H](Oc3ccnc4ccc(F)cc34)C[C@@H]21. The third-order valence-electron chi connectivity index (χ3n) is 6.76. The van der Waals surface area contributed by atoms with E-state index in [1.807, 2.05) is 6.92 Å². The largest absolute Gasteiger partial charge is 0.490 e. The van der Waals surface area contributed by atoms with Crippen LogP contribution in [0, 0.1) is 29.5 Å². The molecular formula is C24H21F4N3O2. The number of carbonyl (C=O) groups is 1. The molecule has 5 rings (SSSR count). The summed E-state index contributed by atoms with van der Waals surface area (Å²) in [5.74, 6) is 0.700. The topological polar surface area (TPSA) is 64.1 Å². The van der Waals surface area contributed by atoms with Crippen LogP contribution in [0.5, 0.6) is 5.75 Å². The fourth-order valence-electron chi connectivity index (χ4n) is 5.11. The first-order chi connectivity index (χ1) is 15.7. The number of halogens is 4. The highest BCUT2D eigenvalue weighted by Gasteiger charge is 2.59. The number of hydrogen-bond donors (Lipinski definition) is 1. The Morgan fingerprint density at radius 2 is 1.88 bits per heavy atom. The van der Waals surface area contributed by atoms with E-state index in [9.17, 15) is 22.4 Å². The zero-order valence-electron chi connectivity index (χ0n) is 17.6. The molecule has 2 fully saturated rings. The molecule has 2 aromatic heterocycles. The second kappa shape index (κ2) is 7.97. The summed E-state index contributed by atoms with van der Waals surface area (Å²) in [6.45, 7) is 1.83. The minimum atomic E-state index is -4.47. The number of alkyl halides is 3. The van der Waals surface area contributed by atoms with Gasteiger partial charge < -0.3 is 10.1 Å². The first kappa shape index (κ1) is 21.6. The van der Waals surface area contributed by atoms with Crippen molar-refractivity contribution in [2.45, 2.75) is 32.0 Å². The molecule has 1 N–H and O–H groups in total. The highest BCUT2D eigenvalue weighted by molar-refractivity contribution is 5.92. The van der Waals surface area contributed by atoms with Gasteiger partial charge in [0.1, 0.15) is 17.4 Å². The van der Waals surface area contributed by atoms with Crippen LogP contribution >= 0.6 is 0 Å². The molecule has 0 aliphatic heterocycles. The Bertz CT molecular complexity index is 1190. The molecule has 0 bridgehead atoms. The molecule has 1 aromatic carbocycles. The number of ether oxygens (including phenoxy) is 1. The van der Waals surface area contributed by atoms with Crippen molar-refractivity contribution in [1.29, 1.82) is 0 Å². The number of hydrogen-bond acceptors (Lipinski definition) is 4. The molecular weight excluding hydrogens is 438 g/mol. The monoisotopic (exact) mass is 459 g/mol. The third-order valence-corrected chi connectivity index (χ3v) is 6.76. The quantitative estimate of drug-likeness (QED) is 0.515. The van der Waals surface area contributed by atoms with Crippen LogP contribution in [0.25, 0.3) is 10.9 Å². The van der Waals surface area contributed by atoms with E-state index in [0.717, 1.165) is 25.0 Å². The molecule has 0 saturated heterocycles. The van der Waals surface area contributed by atoms with Crippen molar-refractivity contribution in [2.24, 2.45) is 23.7 Å². The zero-order valence-corrected chi connectivity index (χ0v) is 17.6. The van der Waals surface area contributed by atoms with Gasteiger partial charge in [0.25, 0.3) is 0 Å². The van der Waals surface area contributed by atoms with Crippen LogP contribution in [0.15, 0.2) is 48.8 Å². The maximum Gasteiger partial charge on any atom is 0.417 e. The predicted molar refractivity (Wildman–Crippen MR) is 113 cm³/mol. The van der Waals surface area contributed by atoms with Crippen molar-refractivity contribution in [3.05, 3.63) is 60.2 Å². The van der Waals surface area contributed by atoms with Crippen molar-refractivity contribution in [2.75, 3.05) is 5.32 Å². The molecule has 1 unspecified atom stereocenters. The van der Waals surface area contributed by atoms with E-state index in [4.69, 9.17) is 4.74 Å². The summed E-state index contributed by atoms with van der Waals surface area (Å²) in [4.78, 5) is 20.6. The van der Waals surface area contributed by atoms with E-state index in [1.165, 1.54) is 12.1 Å². The Balaban J connectivity index is 1.17. The molecule has 2 aliphatic carbocycles. The Morgan fingerprint density at radius 3 is 2.55 bits per heavy atom. The molecule has 5 atom stereocenters. The van der Waals surface area contributed by atoms with Crippen molar-refractivity contribution < 1.29 is 27.1 Å². The maximum atomic E-state index is 13.7. The second-order valence-corrected chi connectivity index (χ2v) is 8.79. The van der Waals surface area contributed by atoms with Crippen molar-refractivity contribution in [3.8, 4) is 5.75 Å². The van der Waals surface area contributed by atoms with Crippen LogP contribution < -0.4 is 10.1 Å². The molecule has 3 aromatic rings. The molecule has 172 valence electrons. The summed E-state index contributed by atoms with van der Waals surface area (Å²) in [6, 6.07) is 8.18. The molecule has 9 heteroatoms. The van der Waals surface area contributed by atoms with Crippen LogP contribution in [0.2, 0.25) is 0 Å². The van der Waals surface area contributed by atoms with E-state index in [1.54, 1.807) is 18.3 Å². The van der Waals surface area contributed by atoms with Crippen LogP contribution in [0.4, 0.5) is 23.4 Å². The Labute approximate surface area is 187 Å². The molecule has 2 heterocycles. The number of fused-ring (bicyclic) bond motifs is 2. The van der Waals surface area contributed by atoms with E-state index >= 15 is 0 Å². The lowest BCUT2D eigenvalue weighted by Crippen LogP contribution is -2.26. The Morgan fingerprint density at radius 1 is 1.12 bits per heavy atom. The number of nitrogens with one attached hydrogen (secondary N) is 1. The fourth-order valence-corrected chi connectivity index (χ4v) is 5.11. The van der Waals surface area contributed by atoms with Crippen molar-refractivity contribution >= 4 is 22.6 Å².